The fraction of sp³-hybridized carbons (Fsp3) is 0.250. The molecule has 1 heterocycles. The summed E-state index contributed by atoms with van der Waals surface area (Å²) in [5.41, 5.74) is 9.23. The smallest absolute Gasteiger partial charge is 0.478 e. The quantitative estimate of drug-likeness (QED) is 0.729. The third-order valence-electron chi connectivity index (χ3n) is 1.73. The number of hydrogen-bond acceptors (Lipinski definition) is 5. The Balaban J connectivity index is 3.23. The molecule has 0 amide bonds. The Morgan fingerprint density at radius 2 is 2.12 bits per heavy atom. The lowest BCUT2D eigenvalue weighted by Gasteiger charge is -2.12. The summed E-state index contributed by atoms with van der Waals surface area (Å²) in [6, 6.07) is 0.818. The largest absolute Gasteiger partial charge is 0.574 e. The summed E-state index contributed by atoms with van der Waals surface area (Å²) in [4.78, 5) is 14.0. The number of carbonyl (C=O) groups is 1. The summed E-state index contributed by atoms with van der Waals surface area (Å²) < 4.78 is 39.4. The number of alkyl halides is 3. The van der Waals surface area contributed by atoms with E-state index >= 15 is 0 Å². The second kappa shape index (κ2) is 4.45. The number of aromatic carboxylic acids is 1. The number of ether oxygens (including phenoxy) is 1. The number of hydrogen-bond donors (Lipinski definition) is 3. The van der Waals surface area contributed by atoms with Crippen molar-refractivity contribution in [2.45, 2.75) is 12.9 Å². The van der Waals surface area contributed by atoms with Crippen molar-refractivity contribution in [3.63, 3.8) is 0 Å². The van der Waals surface area contributed by atoms with Crippen LogP contribution in [-0.4, -0.2) is 22.4 Å². The molecule has 0 radical (unpaired) electrons. The molecule has 1 aromatic rings. The number of nitrogens with zero attached hydrogens (tertiary/aromatic N) is 1. The lowest BCUT2D eigenvalue weighted by molar-refractivity contribution is -0.275. The normalized spacial score (nSPS) is 11.3. The Hall–Kier alpha value is -2.03. The maximum absolute atomic E-state index is 12.0. The Morgan fingerprint density at radius 1 is 1.53 bits per heavy atom. The van der Waals surface area contributed by atoms with Crippen molar-refractivity contribution in [2.75, 3.05) is 5.73 Å². The number of halogens is 3. The lowest BCUT2D eigenvalue weighted by atomic mass is 10.2. The van der Waals surface area contributed by atoms with Crippen LogP contribution in [0.25, 0.3) is 0 Å². The molecule has 1 rings (SSSR count). The van der Waals surface area contributed by atoms with E-state index in [9.17, 15) is 18.0 Å². The zero-order valence-electron chi connectivity index (χ0n) is 8.28. The van der Waals surface area contributed by atoms with Gasteiger partial charge in [-0.15, -0.1) is 13.2 Å². The third kappa shape index (κ3) is 3.21. The number of carboxylic acids is 1. The van der Waals surface area contributed by atoms with Crippen molar-refractivity contribution < 1.29 is 27.8 Å². The first-order valence-electron chi connectivity index (χ1n) is 4.23. The molecule has 0 saturated heterocycles. The molecule has 0 unspecified atom stereocenters. The minimum absolute atomic E-state index is 0.244. The summed E-state index contributed by atoms with van der Waals surface area (Å²) in [6.07, 6.45) is -4.96. The second-order valence-electron chi connectivity index (χ2n) is 2.93. The summed E-state index contributed by atoms with van der Waals surface area (Å²) in [7, 11) is 0. The van der Waals surface area contributed by atoms with Crippen molar-refractivity contribution >= 4 is 11.7 Å². The fourth-order valence-electron chi connectivity index (χ4n) is 1.08. The molecule has 0 saturated carbocycles. The summed E-state index contributed by atoms with van der Waals surface area (Å²) in [6.45, 7) is -0.351. The van der Waals surface area contributed by atoms with Crippen LogP contribution < -0.4 is 16.2 Å². The first-order chi connectivity index (χ1) is 7.74. The highest BCUT2D eigenvalue weighted by atomic mass is 19.4. The van der Waals surface area contributed by atoms with E-state index in [1.54, 1.807) is 0 Å². The SMILES string of the molecule is NCc1nc(OC(F)(F)F)c(N)cc1C(=O)O. The molecule has 9 heteroatoms. The molecule has 0 fully saturated rings. The number of nitrogens with two attached hydrogens (primary N) is 2. The molecular weight excluding hydrogens is 243 g/mol. The molecule has 0 aromatic carbocycles. The Morgan fingerprint density at radius 3 is 2.53 bits per heavy atom. The van der Waals surface area contributed by atoms with Gasteiger partial charge in [-0.05, 0) is 6.07 Å². The molecule has 0 aliphatic heterocycles. The van der Waals surface area contributed by atoms with Crippen molar-refractivity contribution in [3.05, 3.63) is 17.3 Å². The van der Waals surface area contributed by atoms with Gasteiger partial charge in [0.15, 0.2) is 0 Å². The molecule has 17 heavy (non-hydrogen) atoms. The highest BCUT2D eigenvalue weighted by molar-refractivity contribution is 5.90. The monoisotopic (exact) mass is 251 g/mol. The standard InChI is InChI=1S/C8H8F3N3O3/c9-8(10,11)17-6-4(13)1-3(7(15)16)5(2-12)14-6/h1H,2,12-13H2,(H,15,16). The second-order valence-corrected chi connectivity index (χ2v) is 2.93. The first-order valence-corrected chi connectivity index (χ1v) is 4.23. The van der Waals surface area contributed by atoms with Gasteiger partial charge in [0.2, 0.25) is 5.88 Å². The summed E-state index contributed by atoms with van der Waals surface area (Å²) >= 11 is 0. The molecule has 0 bridgehead atoms. The van der Waals surface area contributed by atoms with E-state index in [2.05, 4.69) is 9.72 Å². The number of aromatic nitrogens is 1. The average Bonchev–Trinajstić information content (AvgIpc) is 2.18. The van der Waals surface area contributed by atoms with Gasteiger partial charge in [0.25, 0.3) is 0 Å². The van der Waals surface area contributed by atoms with Crippen LogP contribution in [0.3, 0.4) is 0 Å². The van der Waals surface area contributed by atoms with Crippen LogP contribution in [0.1, 0.15) is 16.1 Å². The number of pyridine rings is 1. The molecule has 1 aromatic heterocycles. The zero-order valence-corrected chi connectivity index (χ0v) is 8.28. The fourth-order valence-corrected chi connectivity index (χ4v) is 1.08. The van der Waals surface area contributed by atoms with E-state index in [0.717, 1.165) is 6.07 Å². The lowest BCUT2D eigenvalue weighted by Crippen LogP contribution is -2.20. The third-order valence-corrected chi connectivity index (χ3v) is 1.73. The van der Waals surface area contributed by atoms with E-state index < -0.39 is 23.9 Å². The highest BCUT2D eigenvalue weighted by Crippen LogP contribution is 2.28. The van der Waals surface area contributed by atoms with E-state index in [1.165, 1.54) is 0 Å². The molecule has 0 atom stereocenters. The van der Waals surface area contributed by atoms with Gasteiger partial charge in [-0.1, -0.05) is 0 Å². The first kappa shape index (κ1) is 13.0. The van der Waals surface area contributed by atoms with Crippen molar-refractivity contribution in [1.29, 1.82) is 0 Å². The van der Waals surface area contributed by atoms with Crippen molar-refractivity contribution in [1.82, 2.24) is 4.98 Å². The number of carboxylic acid groups (broad SMARTS) is 1. The summed E-state index contributed by atoms with van der Waals surface area (Å²) in [5.74, 6) is -2.30. The van der Waals surface area contributed by atoms with Crippen molar-refractivity contribution in [3.8, 4) is 5.88 Å². The van der Waals surface area contributed by atoms with E-state index in [-0.39, 0.29) is 17.8 Å². The Kier molecular flexibility index (Phi) is 3.42. The van der Waals surface area contributed by atoms with E-state index in [1.807, 2.05) is 0 Å². The van der Waals surface area contributed by atoms with Crippen LogP contribution in [0.5, 0.6) is 5.88 Å². The predicted molar refractivity (Wildman–Crippen MR) is 50.2 cm³/mol. The molecule has 0 spiro atoms. The highest BCUT2D eigenvalue weighted by Gasteiger charge is 2.33. The van der Waals surface area contributed by atoms with Gasteiger partial charge in [0.05, 0.1) is 16.9 Å². The molecule has 5 N–H and O–H groups in total. The number of nitrogen functional groups attached to an aromatic ring is 1. The number of rotatable bonds is 3. The minimum Gasteiger partial charge on any atom is -0.478 e. The maximum atomic E-state index is 12.0. The van der Waals surface area contributed by atoms with Crippen LogP contribution in [-0.2, 0) is 6.54 Å². The predicted octanol–water partition coefficient (Wildman–Crippen LogP) is 0.719. The van der Waals surface area contributed by atoms with Crippen LogP contribution in [0.15, 0.2) is 6.07 Å². The minimum atomic E-state index is -4.96. The van der Waals surface area contributed by atoms with Gasteiger partial charge in [0.1, 0.15) is 0 Å². The average molecular weight is 251 g/mol. The molecule has 0 aliphatic carbocycles. The number of anilines is 1. The van der Waals surface area contributed by atoms with Gasteiger partial charge in [-0.2, -0.15) is 0 Å². The van der Waals surface area contributed by atoms with Gasteiger partial charge < -0.3 is 21.3 Å². The Labute approximate surface area is 93.0 Å². The van der Waals surface area contributed by atoms with Gasteiger partial charge in [0, 0.05) is 6.54 Å². The van der Waals surface area contributed by atoms with Crippen molar-refractivity contribution in [2.24, 2.45) is 5.73 Å². The molecule has 0 aliphatic rings. The molecule has 6 nitrogen and oxygen atoms in total. The Bertz CT molecular complexity index is 448. The van der Waals surface area contributed by atoms with Gasteiger partial charge in [-0.25, -0.2) is 9.78 Å². The van der Waals surface area contributed by atoms with E-state index in [0.29, 0.717) is 0 Å². The topological polar surface area (TPSA) is 111 Å². The van der Waals surface area contributed by atoms with Crippen LogP contribution in [0, 0.1) is 0 Å². The van der Waals surface area contributed by atoms with Gasteiger partial charge >= 0.3 is 12.3 Å². The van der Waals surface area contributed by atoms with E-state index in [4.69, 9.17) is 16.6 Å². The van der Waals surface area contributed by atoms with Crippen LogP contribution in [0.2, 0.25) is 0 Å². The molecule has 94 valence electrons. The van der Waals surface area contributed by atoms with Gasteiger partial charge in [-0.3, -0.25) is 0 Å². The maximum Gasteiger partial charge on any atom is 0.574 e. The summed E-state index contributed by atoms with van der Waals surface area (Å²) in [5, 5.41) is 8.73. The van der Waals surface area contributed by atoms with Crippen LogP contribution in [0.4, 0.5) is 18.9 Å². The molecular formula is C8H8F3N3O3. The van der Waals surface area contributed by atoms with Crippen LogP contribution >= 0.6 is 0 Å². The zero-order chi connectivity index (χ0) is 13.2.